The van der Waals surface area contributed by atoms with Crippen molar-refractivity contribution in [2.75, 3.05) is 0 Å². The van der Waals surface area contributed by atoms with Crippen LogP contribution in [-0.2, 0) is 4.79 Å². The fourth-order valence-electron chi connectivity index (χ4n) is 0.274. The van der Waals surface area contributed by atoms with Gasteiger partial charge in [-0.15, -0.1) is 0 Å². The van der Waals surface area contributed by atoms with E-state index in [1.807, 2.05) is 0 Å². The van der Waals surface area contributed by atoms with Crippen molar-refractivity contribution in [3.8, 4) is 0 Å². The summed E-state index contributed by atoms with van der Waals surface area (Å²) >= 11 is 15.4. The smallest absolute Gasteiger partial charge is 0.216 e. The molecule has 0 rings (SSSR count). The molecule has 0 aromatic carbocycles. The number of carboxylic acid groups (broad SMARTS) is 1. The highest BCUT2D eigenvalue weighted by atomic mass is 35.6. The Bertz CT molecular complexity index is 130. The summed E-state index contributed by atoms with van der Waals surface area (Å²) in [5, 5.41) is 18.5. The second-order valence-electron chi connectivity index (χ2n) is 1.63. The first-order valence-corrected chi connectivity index (χ1v) is 3.42. The summed E-state index contributed by atoms with van der Waals surface area (Å²) in [5.41, 5.74) is 0. The number of aliphatic hydroxyl groups is 1. The van der Waals surface area contributed by atoms with E-state index in [1.165, 1.54) is 0 Å². The minimum atomic E-state index is -1.96. The molecule has 10 heavy (non-hydrogen) atoms. The van der Waals surface area contributed by atoms with Crippen LogP contribution in [-0.4, -0.2) is 21.0 Å². The number of carboxylic acids is 1. The van der Waals surface area contributed by atoms with Gasteiger partial charge in [0.15, 0.2) is 0 Å². The Balaban J connectivity index is 3.85. The molecule has 0 saturated carbocycles. The molecule has 0 aromatic rings. The number of alkyl halides is 3. The topological polar surface area (TPSA) is 60.4 Å². The number of carbonyl (C=O) groups excluding carboxylic acids is 1. The standard InChI is InChI=1S/C4H5Cl3O3/c5-4(6,7)2(8)1-3(9)10/h2,8H,1H2,(H,9,10)/p-1/t2-/m1/s1. The second kappa shape index (κ2) is 3.62. The highest BCUT2D eigenvalue weighted by molar-refractivity contribution is 6.68. The van der Waals surface area contributed by atoms with E-state index < -0.39 is 22.3 Å². The molecule has 3 nitrogen and oxygen atoms in total. The maximum atomic E-state index is 9.81. The lowest BCUT2D eigenvalue weighted by Crippen LogP contribution is -2.34. The third-order valence-corrected chi connectivity index (χ3v) is 1.49. The lowest BCUT2D eigenvalue weighted by atomic mass is 10.3. The molecule has 0 aliphatic heterocycles. The fraction of sp³-hybridized carbons (Fsp3) is 0.750. The molecule has 1 atom stereocenters. The number of halogens is 3. The van der Waals surface area contributed by atoms with Gasteiger partial charge in [0.2, 0.25) is 3.79 Å². The van der Waals surface area contributed by atoms with Crippen LogP contribution in [0.15, 0.2) is 0 Å². The summed E-state index contributed by atoms with van der Waals surface area (Å²) in [6.45, 7) is 0. The average Bonchev–Trinajstić information content (AvgIpc) is 1.60. The maximum Gasteiger partial charge on any atom is 0.216 e. The van der Waals surface area contributed by atoms with Crippen LogP contribution in [0.3, 0.4) is 0 Å². The lowest BCUT2D eigenvalue weighted by molar-refractivity contribution is -0.307. The Kier molecular flexibility index (Phi) is 3.73. The first-order valence-electron chi connectivity index (χ1n) is 2.28. The number of hydrogen-bond acceptors (Lipinski definition) is 3. The zero-order valence-electron chi connectivity index (χ0n) is 4.68. The molecule has 1 N–H and O–H groups in total. The molecular formula is C4H4Cl3O3-. The van der Waals surface area contributed by atoms with Crippen LogP contribution in [0, 0.1) is 0 Å². The molecule has 0 fully saturated rings. The van der Waals surface area contributed by atoms with E-state index in [1.54, 1.807) is 0 Å². The van der Waals surface area contributed by atoms with Gasteiger partial charge in [0.25, 0.3) is 0 Å². The van der Waals surface area contributed by atoms with Gasteiger partial charge in [0.1, 0.15) is 6.10 Å². The van der Waals surface area contributed by atoms with Gasteiger partial charge in [-0.3, -0.25) is 0 Å². The van der Waals surface area contributed by atoms with Crippen molar-refractivity contribution in [1.82, 2.24) is 0 Å². The number of hydrogen-bond donors (Lipinski definition) is 1. The van der Waals surface area contributed by atoms with Crippen molar-refractivity contribution < 1.29 is 15.0 Å². The van der Waals surface area contributed by atoms with Gasteiger partial charge in [-0.05, 0) is 0 Å². The van der Waals surface area contributed by atoms with Gasteiger partial charge in [-0.2, -0.15) is 0 Å². The lowest BCUT2D eigenvalue weighted by Gasteiger charge is -2.18. The number of aliphatic carboxylic acids is 1. The second-order valence-corrected chi connectivity index (χ2v) is 4.00. The molecule has 6 heteroatoms. The summed E-state index contributed by atoms with van der Waals surface area (Å²) in [6.07, 6.45) is -2.21. The first kappa shape index (κ1) is 10.3. The molecule has 0 bridgehead atoms. The molecule has 0 heterocycles. The largest absolute Gasteiger partial charge is 0.550 e. The third-order valence-electron chi connectivity index (χ3n) is 0.738. The predicted octanol–water partition coefficient (Wildman–Crippen LogP) is -0.143. The zero-order valence-corrected chi connectivity index (χ0v) is 6.95. The normalized spacial score (nSPS) is 14.8. The minimum absolute atomic E-state index is 0.684. The van der Waals surface area contributed by atoms with Crippen molar-refractivity contribution in [3.63, 3.8) is 0 Å². The van der Waals surface area contributed by atoms with Gasteiger partial charge in [-0.1, -0.05) is 34.8 Å². The molecule has 0 amide bonds. The highest BCUT2D eigenvalue weighted by Crippen LogP contribution is 2.31. The number of carbonyl (C=O) groups is 1. The fourth-order valence-corrected chi connectivity index (χ4v) is 0.505. The van der Waals surface area contributed by atoms with E-state index in [4.69, 9.17) is 39.9 Å². The van der Waals surface area contributed by atoms with E-state index >= 15 is 0 Å². The number of rotatable bonds is 2. The molecule has 0 aliphatic rings. The van der Waals surface area contributed by atoms with Crippen LogP contribution in [0.2, 0.25) is 0 Å². The average molecular weight is 206 g/mol. The Morgan fingerprint density at radius 3 is 2.10 bits per heavy atom. The highest BCUT2D eigenvalue weighted by Gasteiger charge is 2.30. The van der Waals surface area contributed by atoms with Gasteiger partial charge < -0.3 is 15.0 Å². The Morgan fingerprint density at radius 2 is 2.00 bits per heavy atom. The number of aliphatic hydroxyl groups excluding tert-OH is 1. The monoisotopic (exact) mass is 205 g/mol. The summed E-state index contributed by atoms with van der Waals surface area (Å²) in [5.74, 6) is -1.46. The predicted molar refractivity (Wildman–Crippen MR) is 35.9 cm³/mol. The molecule has 60 valence electrons. The third kappa shape index (κ3) is 4.17. The Morgan fingerprint density at radius 1 is 1.60 bits per heavy atom. The molecule has 0 aliphatic carbocycles. The van der Waals surface area contributed by atoms with Crippen molar-refractivity contribution in [1.29, 1.82) is 0 Å². The van der Waals surface area contributed by atoms with Gasteiger partial charge >= 0.3 is 0 Å². The molecular weight excluding hydrogens is 202 g/mol. The minimum Gasteiger partial charge on any atom is -0.550 e. The van der Waals surface area contributed by atoms with Crippen molar-refractivity contribution >= 4 is 40.8 Å². The molecule has 0 aromatic heterocycles. The van der Waals surface area contributed by atoms with Gasteiger partial charge in [0, 0.05) is 12.4 Å². The van der Waals surface area contributed by atoms with E-state index in [0.717, 1.165) is 0 Å². The van der Waals surface area contributed by atoms with Crippen LogP contribution in [0.4, 0.5) is 0 Å². The maximum absolute atomic E-state index is 9.81. The van der Waals surface area contributed by atoms with E-state index in [-0.39, 0.29) is 0 Å². The van der Waals surface area contributed by atoms with E-state index in [2.05, 4.69) is 0 Å². The van der Waals surface area contributed by atoms with Crippen molar-refractivity contribution in [2.24, 2.45) is 0 Å². The van der Waals surface area contributed by atoms with Crippen LogP contribution in [0.5, 0.6) is 0 Å². The quantitative estimate of drug-likeness (QED) is 0.640. The van der Waals surface area contributed by atoms with Crippen LogP contribution in [0.1, 0.15) is 6.42 Å². The van der Waals surface area contributed by atoms with Gasteiger partial charge in [-0.25, -0.2) is 0 Å². The Hall–Kier alpha value is 0.300. The van der Waals surface area contributed by atoms with Crippen LogP contribution in [0.25, 0.3) is 0 Å². The molecule has 0 saturated heterocycles. The van der Waals surface area contributed by atoms with Crippen molar-refractivity contribution in [3.05, 3.63) is 0 Å². The summed E-state index contributed by atoms with van der Waals surface area (Å²) < 4.78 is -1.96. The SMILES string of the molecule is O=C([O-])C[C@@H](O)C(Cl)(Cl)Cl. The summed E-state index contributed by atoms with van der Waals surface area (Å²) in [7, 11) is 0. The van der Waals surface area contributed by atoms with Crippen LogP contribution < -0.4 is 5.11 Å². The Labute approximate surface area is 72.5 Å². The van der Waals surface area contributed by atoms with Crippen molar-refractivity contribution in [2.45, 2.75) is 16.3 Å². The zero-order chi connectivity index (χ0) is 8.36. The summed E-state index contributed by atoms with van der Waals surface area (Å²) in [6, 6.07) is 0. The summed E-state index contributed by atoms with van der Waals surface area (Å²) in [4.78, 5) is 9.81. The van der Waals surface area contributed by atoms with Gasteiger partial charge in [0.05, 0.1) is 0 Å². The molecule has 0 unspecified atom stereocenters. The van der Waals surface area contributed by atoms with Crippen LogP contribution >= 0.6 is 34.8 Å². The van der Waals surface area contributed by atoms with E-state index in [0.29, 0.717) is 0 Å². The first-order chi connectivity index (χ1) is 4.34. The van der Waals surface area contributed by atoms with E-state index in [9.17, 15) is 9.90 Å². The molecule has 0 spiro atoms. The molecule has 0 radical (unpaired) electrons.